The summed E-state index contributed by atoms with van der Waals surface area (Å²) in [4.78, 5) is 60.6. The molecule has 4 aliphatic rings. The van der Waals surface area contributed by atoms with Crippen LogP contribution in [0.4, 0.5) is 17.1 Å². The molecule has 2 N–H and O–H groups in total. The van der Waals surface area contributed by atoms with Crippen LogP contribution in [0, 0.1) is 30.6 Å². The molecule has 1 heterocycles. The van der Waals surface area contributed by atoms with E-state index in [1.165, 1.54) is 11.0 Å². The molecule has 7 nitrogen and oxygen atoms in total. The van der Waals surface area contributed by atoms with Crippen molar-refractivity contribution in [3.05, 3.63) is 173 Å². The fraction of sp³-hybridized carbons (Fsp3) is 0.191. The first kappa shape index (κ1) is 33.5. The number of imide groups is 1. The molecule has 0 unspecified atom stereocenters. The quantitative estimate of drug-likeness (QED) is 0.135. The van der Waals surface area contributed by atoms with Gasteiger partial charge in [0.1, 0.15) is 5.75 Å². The molecule has 6 atom stereocenters. The maximum Gasteiger partial charge on any atom is 0.238 e. The number of hydrogen-bond donors (Lipinski definition) is 2. The van der Waals surface area contributed by atoms with E-state index in [-0.39, 0.29) is 35.6 Å². The van der Waals surface area contributed by atoms with Crippen LogP contribution in [0.2, 0.25) is 0 Å². The third-order valence-electron chi connectivity index (χ3n) is 12.1. The highest BCUT2D eigenvalue weighted by atomic mass is 16.3. The number of aryl methyl sites for hydroxylation is 1. The van der Waals surface area contributed by atoms with E-state index in [0.717, 1.165) is 16.9 Å². The van der Waals surface area contributed by atoms with Gasteiger partial charge in [-0.25, -0.2) is 0 Å². The van der Waals surface area contributed by atoms with Crippen molar-refractivity contribution in [3.63, 3.8) is 0 Å². The highest BCUT2D eigenvalue weighted by Gasteiger charge is 2.66. The maximum atomic E-state index is 15.2. The summed E-state index contributed by atoms with van der Waals surface area (Å²) in [6.45, 7) is 1.82. The highest BCUT2D eigenvalue weighted by molar-refractivity contribution is 6.32. The molecule has 2 fully saturated rings. The van der Waals surface area contributed by atoms with Crippen molar-refractivity contribution in [2.75, 3.05) is 10.2 Å². The Morgan fingerprint density at radius 2 is 1.35 bits per heavy atom. The average Bonchev–Trinajstić information content (AvgIpc) is 3.46. The lowest BCUT2D eigenvalue weighted by Crippen LogP contribution is -2.58. The molecule has 9 rings (SSSR count). The van der Waals surface area contributed by atoms with E-state index < -0.39 is 35.0 Å². The van der Waals surface area contributed by atoms with Gasteiger partial charge in [-0.15, -0.1) is 0 Å². The van der Waals surface area contributed by atoms with Gasteiger partial charge < -0.3 is 10.4 Å². The van der Waals surface area contributed by atoms with Crippen LogP contribution < -0.4 is 10.2 Å². The molecule has 0 aromatic heterocycles. The molecular weight excluding hydrogens is 673 g/mol. The minimum absolute atomic E-state index is 0.0537. The Morgan fingerprint density at radius 1 is 0.704 bits per heavy atom. The van der Waals surface area contributed by atoms with E-state index in [1.54, 1.807) is 12.1 Å². The summed E-state index contributed by atoms with van der Waals surface area (Å²) in [5.74, 6) is -4.46. The van der Waals surface area contributed by atoms with E-state index in [9.17, 15) is 14.7 Å². The van der Waals surface area contributed by atoms with Gasteiger partial charge in [0.15, 0.2) is 11.6 Å². The summed E-state index contributed by atoms with van der Waals surface area (Å²) in [6, 6.07) is 41.1. The number of nitrogens with one attached hydrogen (secondary N) is 1. The molecule has 1 aliphatic heterocycles. The van der Waals surface area contributed by atoms with Crippen LogP contribution in [0.3, 0.4) is 0 Å². The molecule has 54 heavy (non-hydrogen) atoms. The van der Waals surface area contributed by atoms with Crippen molar-refractivity contribution in [2.45, 2.75) is 31.1 Å². The number of Topliss-reactive ketones (excluding diaryl/α,β-unsaturated/α-hetero) is 1. The van der Waals surface area contributed by atoms with Crippen molar-refractivity contribution in [1.82, 2.24) is 0 Å². The molecule has 0 spiro atoms. The van der Waals surface area contributed by atoms with Crippen molar-refractivity contribution < 1.29 is 24.3 Å². The van der Waals surface area contributed by atoms with E-state index in [4.69, 9.17) is 0 Å². The van der Waals surface area contributed by atoms with Gasteiger partial charge in [0, 0.05) is 34.3 Å². The number of nitrogens with zero attached hydrogens (tertiary/aromatic N) is 1. The summed E-state index contributed by atoms with van der Waals surface area (Å²) in [5.41, 5.74) is 4.49. The van der Waals surface area contributed by atoms with E-state index in [1.807, 2.05) is 134 Å². The van der Waals surface area contributed by atoms with E-state index in [0.29, 0.717) is 39.9 Å². The molecule has 2 amide bonds. The Labute approximate surface area is 313 Å². The number of carbonyl (C=O) groups excluding carboxylic acids is 4. The topological polar surface area (TPSA) is 104 Å². The van der Waals surface area contributed by atoms with Gasteiger partial charge in [0.05, 0.1) is 22.9 Å². The summed E-state index contributed by atoms with van der Waals surface area (Å²) >= 11 is 0. The number of para-hydroxylation sites is 2. The third-order valence-corrected chi connectivity index (χ3v) is 12.1. The predicted octanol–water partition coefficient (Wildman–Crippen LogP) is 8.47. The van der Waals surface area contributed by atoms with Gasteiger partial charge in [0.25, 0.3) is 0 Å². The first-order chi connectivity index (χ1) is 26.3. The lowest BCUT2D eigenvalue weighted by molar-refractivity contribution is -0.135. The molecule has 0 radical (unpaired) electrons. The minimum Gasteiger partial charge on any atom is -0.507 e. The maximum absolute atomic E-state index is 15.2. The molecule has 0 bridgehead atoms. The number of anilines is 3. The predicted molar refractivity (Wildman–Crippen MR) is 208 cm³/mol. The Hall–Kier alpha value is -6.34. The fourth-order valence-corrected chi connectivity index (χ4v) is 9.77. The van der Waals surface area contributed by atoms with Crippen LogP contribution in [0.1, 0.15) is 41.0 Å². The van der Waals surface area contributed by atoms with Crippen molar-refractivity contribution in [1.29, 1.82) is 0 Å². The lowest BCUT2D eigenvalue weighted by atomic mass is 9.44. The highest BCUT2D eigenvalue weighted by Crippen LogP contribution is 2.64. The molecule has 5 aromatic carbocycles. The normalized spacial score (nSPS) is 26.0. The molecular formula is C47H38N2O5. The number of fused-ring (bicyclic) bond motifs is 4. The molecule has 1 saturated carbocycles. The van der Waals surface area contributed by atoms with Gasteiger partial charge in [-0.1, -0.05) is 109 Å². The van der Waals surface area contributed by atoms with E-state index in [2.05, 4.69) is 5.32 Å². The first-order valence-electron chi connectivity index (χ1n) is 18.5. The fourth-order valence-electron chi connectivity index (χ4n) is 9.77. The van der Waals surface area contributed by atoms with Crippen LogP contribution in [0.25, 0.3) is 5.57 Å². The first-order valence-corrected chi connectivity index (χ1v) is 18.5. The number of phenols is 1. The Morgan fingerprint density at radius 3 is 2.06 bits per heavy atom. The SMILES string of the molecule is Cc1cccc([C@H]2C3=CC[C@@H]4C(=O)N(c5ccc(Nc6ccccc6)cc5)C(=O)[C@@H]4[C@@H]3C[C@H]3C(=O)C(c4ccccc4)=CC(=O)[C@@]23c2ccccc2)c1O. The van der Waals surface area contributed by atoms with Crippen molar-refractivity contribution >= 4 is 46.0 Å². The monoisotopic (exact) mass is 710 g/mol. The van der Waals surface area contributed by atoms with Crippen LogP contribution in [0.15, 0.2) is 151 Å². The lowest BCUT2D eigenvalue weighted by Gasteiger charge is -2.55. The number of aromatic hydroxyl groups is 1. The van der Waals surface area contributed by atoms with Gasteiger partial charge in [-0.2, -0.15) is 0 Å². The molecule has 7 heteroatoms. The number of rotatable bonds is 6. The number of allylic oxidation sites excluding steroid dienone is 4. The molecule has 5 aromatic rings. The Bertz CT molecular complexity index is 2390. The largest absolute Gasteiger partial charge is 0.507 e. The average molecular weight is 711 g/mol. The number of phenolic OH excluding ortho intramolecular Hbond substituents is 1. The zero-order valence-corrected chi connectivity index (χ0v) is 29.7. The Kier molecular flexibility index (Phi) is 8.03. The summed E-state index contributed by atoms with van der Waals surface area (Å²) < 4.78 is 0. The number of carbonyl (C=O) groups is 4. The standard InChI is InChI=1S/C47H38N2O5/c1-28-12-11-19-36(43(28)51)42-34-24-25-35-41(46(54)49(45(35)53)33-22-20-32(21-23-33)48-31-17-9-4-10-18-31)38(34)26-39-44(52)37(29-13-5-2-6-14-29)27-40(50)47(39,42)30-15-7-3-8-16-30/h2-24,27,35,38-39,41-42,48,51H,25-26H2,1H3/t35-,38+,39-,41-,42+,47-/m0/s1. The van der Waals surface area contributed by atoms with Crippen LogP contribution in [0.5, 0.6) is 5.75 Å². The number of hydrogen-bond acceptors (Lipinski definition) is 6. The minimum atomic E-state index is -1.40. The Balaban J connectivity index is 1.18. The number of amides is 2. The summed E-state index contributed by atoms with van der Waals surface area (Å²) in [6.07, 6.45) is 4.02. The molecule has 1 saturated heterocycles. The third kappa shape index (κ3) is 5.02. The summed E-state index contributed by atoms with van der Waals surface area (Å²) in [7, 11) is 0. The van der Waals surface area contributed by atoms with E-state index >= 15 is 9.59 Å². The van der Waals surface area contributed by atoms with Crippen LogP contribution in [-0.4, -0.2) is 28.5 Å². The van der Waals surface area contributed by atoms with Crippen LogP contribution in [-0.2, 0) is 24.6 Å². The van der Waals surface area contributed by atoms with Gasteiger partial charge in [0.2, 0.25) is 11.8 Å². The zero-order chi connectivity index (χ0) is 37.1. The van der Waals surface area contributed by atoms with Gasteiger partial charge >= 0.3 is 0 Å². The second kappa shape index (κ2) is 13.0. The smallest absolute Gasteiger partial charge is 0.238 e. The number of ketones is 2. The second-order valence-corrected chi connectivity index (χ2v) is 14.9. The molecule has 266 valence electrons. The van der Waals surface area contributed by atoms with Gasteiger partial charge in [-0.3, -0.25) is 24.1 Å². The second-order valence-electron chi connectivity index (χ2n) is 14.9. The van der Waals surface area contributed by atoms with Crippen LogP contribution >= 0.6 is 0 Å². The summed E-state index contributed by atoms with van der Waals surface area (Å²) in [5, 5.41) is 15.1. The molecule has 3 aliphatic carbocycles. The van der Waals surface area contributed by atoms with Gasteiger partial charge in [-0.05, 0) is 84.8 Å². The van der Waals surface area contributed by atoms with Crippen molar-refractivity contribution in [2.24, 2.45) is 23.7 Å². The van der Waals surface area contributed by atoms with Crippen molar-refractivity contribution in [3.8, 4) is 5.75 Å². The zero-order valence-electron chi connectivity index (χ0n) is 29.7. The number of benzene rings is 5.